The van der Waals surface area contributed by atoms with Gasteiger partial charge in [-0.1, -0.05) is 6.92 Å². The number of carbonyl (C=O) groups is 1. The van der Waals surface area contributed by atoms with Gasteiger partial charge in [-0.2, -0.15) is 0 Å². The van der Waals surface area contributed by atoms with Crippen LogP contribution < -0.4 is 11.1 Å². The van der Waals surface area contributed by atoms with E-state index in [-0.39, 0.29) is 11.9 Å². The summed E-state index contributed by atoms with van der Waals surface area (Å²) >= 11 is 0. The second kappa shape index (κ2) is 4.27. The van der Waals surface area contributed by atoms with E-state index in [1.165, 1.54) is 32.1 Å². The Bertz CT molecular complexity index is 287. The SMILES string of the molecule is CC[C@H](N)C(=O)NC1C2CC3CC(C2)CC1C3. The van der Waals surface area contributed by atoms with Crippen LogP contribution in [0.15, 0.2) is 0 Å². The first-order valence-electron chi connectivity index (χ1n) is 7.23. The predicted molar refractivity (Wildman–Crippen MR) is 67.2 cm³/mol. The maximum Gasteiger partial charge on any atom is 0.237 e. The van der Waals surface area contributed by atoms with Crippen LogP contribution in [0.3, 0.4) is 0 Å². The molecule has 0 spiro atoms. The minimum atomic E-state index is -0.313. The Hall–Kier alpha value is -0.570. The molecule has 96 valence electrons. The number of nitrogens with one attached hydrogen (secondary N) is 1. The van der Waals surface area contributed by atoms with Crippen molar-refractivity contribution in [3.05, 3.63) is 0 Å². The summed E-state index contributed by atoms with van der Waals surface area (Å²) in [4.78, 5) is 11.9. The van der Waals surface area contributed by atoms with Gasteiger partial charge in [-0.25, -0.2) is 0 Å². The van der Waals surface area contributed by atoms with Crippen LogP contribution in [-0.2, 0) is 4.79 Å². The molecule has 0 saturated heterocycles. The van der Waals surface area contributed by atoms with Crippen LogP contribution in [0.5, 0.6) is 0 Å². The molecule has 1 atom stereocenters. The molecule has 0 aliphatic heterocycles. The minimum Gasteiger partial charge on any atom is -0.351 e. The molecule has 3 nitrogen and oxygen atoms in total. The largest absolute Gasteiger partial charge is 0.351 e. The summed E-state index contributed by atoms with van der Waals surface area (Å²) in [5, 5.41) is 3.25. The lowest BCUT2D eigenvalue weighted by molar-refractivity contribution is -0.126. The fourth-order valence-corrected chi connectivity index (χ4v) is 4.62. The highest BCUT2D eigenvalue weighted by Gasteiger charge is 2.48. The molecule has 0 aromatic rings. The van der Waals surface area contributed by atoms with Crippen LogP contribution in [0, 0.1) is 23.7 Å². The van der Waals surface area contributed by atoms with Gasteiger partial charge in [-0.05, 0) is 62.2 Å². The lowest BCUT2D eigenvalue weighted by atomic mass is 9.54. The Balaban J connectivity index is 1.66. The van der Waals surface area contributed by atoms with Crippen molar-refractivity contribution in [3.8, 4) is 0 Å². The number of hydrogen-bond donors (Lipinski definition) is 2. The summed E-state index contributed by atoms with van der Waals surface area (Å²) < 4.78 is 0. The summed E-state index contributed by atoms with van der Waals surface area (Å²) in [5.74, 6) is 3.50. The Morgan fingerprint density at radius 3 is 2.18 bits per heavy atom. The lowest BCUT2D eigenvalue weighted by Gasteiger charge is -2.54. The molecule has 4 aliphatic rings. The molecule has 4 aliphatic carbocycles. The second-order valence-corrected chi connectivity index (χ2v) is 6.48. The van der Waals surface area contributed by atoms with Gasteiger partial charge < -0.3 is 11.1 Å². The van der Waals surface area contributed by atoms with Gasteiger partial charge in [0, 0.05) is 6.04 Å². The van der Waals surface area contributed by atoms with E-state index in [0.717, 1.165) is 30.1 Å². The molecule has 0 aromatic carbocycles. The molecule has 4 rings (SSSR count). The van der Waals surface area contributed by atoms with Crippen molar-refractivity contribution in [3.63, 3.8) is 0 Å². The summed E-state index contributed by atoms with van der Waals surface area (Å²) in [7, 11) is 0. The lowest BCUT2D eigenvalue weighted by Crippen LogP contribution is -2.58. The molecule has 0 aromatic heterocycles. The molecule has 3 N–H and O–H groups in total. The van der Waals surface area contributed by atoms with E-state index in [1.807, 2.05) is 6.92 Å². The molecule has 0 radical (unpaired) electrons. The summed E-state index contributed by atoms with van der Waals surface area (Å²) in [6.45, 7) is 1.97. The highest BCUT2D eigenvalue weighted by molar-refractivity contribution is 5.81. The Labute approximate surface area is 104 Å². The van der Waals surface area contributed by atoms with Crippen molar-refractivity contribution in [2.45, 2.75) is 57.5 Å². The standard InChI is InChI=1S/C14H24N2O/c1-2-12(15)14(17)16-13-10-4-8-3-9(6-10)7-11(13)5-8/h8-13H,2-7,15H2,1H3,(H,16,17)/t8?,9?,10?,11?,12-,13?/m0/s1. The van der Waals surface area contributed by atoms with Crippen LogP contribution in [0.25, 0.3) is 0 Å². The summed E-state index contributed by atoms with van der Waals surface area (Å²) in [5.41, 5.74) is 5.81. The molecular formula is C14H24N2O. The molecule has 4 saturated carbocycles. The molecule has 17 heavy (non-hydrogen) atoms. The zero-order valence-electron chi connectivity index (χ0n) is 10.7. The highest BCUT2D eigenvalue weighted by Crippen LogP contribution is 2.53. The maximum absolute atomic E-state index is 11.9. The quantitative estimate of drug-likeness (QED) is 0.783. The maximum atomic E-state index is 11.9. The Morgan fingerprint density at radius 2 is 1.71 bits per heavy atom. The number of hydrogen-bond acceptors (Lipinski definition) is 2. The third-order valence-corrected chi connectivity index (χ3v) is 5.31. The summed E-state index contributed by atoms with van der Waals surface area (Å²) in [6.07, 6.45) is 7.58. The molecule has 3 heteroatoms. The van der Waals surface area contributed by atoms with Crippen molar-refractivity contribution in [1.29, 1.82) is 0 Å². The van der Waals surface area contributed by atoms with Gasteiger partial charge in [0.15, 0.2) is 0 Å². The van der Waals surface area contributed by atoms with Gasteiger partial charge >= 0.3 is 0 Å². The average Bonchev–Trinajstić information content (AvgIpc) is 2.31. The third-order valence-electron chi connectivity index (χ3n) is 5.31. The minimum absolute atomic E-state index is 0.0740. The van der Waals surface area contributed by atoms with Crippen LogP contribution in [0.1, 0.15) is 45.4 Å². The third kappa shape index (κ3) is 1.99. The van der Waals surface area contributed by atoms with Crippen LogP contribution in [0.4, 0.5) is 0 Å². The van der Waals surface area contributed by atoms with Gasteiger partial charge in [0.05, 0.1) is 6.04 Å². The van der Waals surface area contributed by atoms with Gasteiger partial charge in [0.1, 0.15) is 0 Å². The molecule has 1 amide bonds. The van der Waals surface area contributed by atoms with Crippen LogP contribution in [-0.4, -0.2) is 18.0 Å². The van der Waals surface area contributed by atoms with Crippen molar-refractivity contribution >= 4 is 5.91 Å². The smallest absolute Gasteiger partial charge is 0.237 e. The fraction of sp³-hybridized carbons (Fsp3) is 0.929. The van der Waals surface area contributed by atoms with Gasteiger partial charge in [-0.3, -0.25) is 4.79 Å². The predicted octanol–water partition coefficient (Wildman–Crippen LogP) is 1.66. The fourth-order valence-electron chi connectivity index (χ4n) is 4.62. The molecule has 4 fully saturated rings. The second-order valence-electron chi connectivity index (χ2n) is 6.48. The van der Waals surface area contributed by atoms with E-state index in [2.05, 4.69) is 5.32 Å². The van der Waals surface area contributed by atoms with E-state index >= 15 is 0 Å². The first kappa shape index (κ1) is 11.5. The van der Waals surface area contributed by atoms with Crippen molar-refractivity contribution in [2.75, 3.05) is 0 Å². The molecule has 4 bridgehead atoms. The number of nitrogens with two attached hydrogens (primary N) is 1. The summed E-state index contributed by atoms with van der Waals surface area (Å²) in [6, 6.07) is 0.125. The van der Waals surface area contributed by atoms with Crippen molar-refractivity contribution < 1.29 is 4.79 Å². The van der Waals surface area contributed by atoms with Crippen molar-refractivity contribution in [1.82, 2.24) is 5.32 Å². The van der Waals surface area contributed by atoms with Crippen LogP contribution in [0.2, 0.25) is 0 Å². The normalized spacial score (nSPS) is 44.7. The first-order chi connectivity index (χ1) is 8.17. The van der Waals surface area contributed by atoms with Crippen LogP contribution >= 0.6 is 0 Å². The Morgan fingerprint density at radius 1 is 1.18 bits per heavy atom. The molecule has 0 unspecified atom stereocenters. The number of amides is 1. The monoisotopic (exact) mass is 236 g/mol. The molecular weight excluding hydrogens is 212 g/mol. The van der Waals surface area contributed by atoms with E-state index in [4.69, 9.17) is 5.73 Å². The average molecular weight is 236 g/mol. The van der Waals surface area contributed by atoms with E-state index in [0.29, 0.717) is 6.04 Å². The van der Waals surface area contributed by atoms with Gasteiger partial charge in [-0.15, -0.1) is 0 Å². The number of carbonyl (C=O) groups excluding carboxylic acids is 1. The highest BCUT2D eigenvalue weighted by atomic mass is 16.2. The molecule has 0 heterocycles. The number of rotatable bonds is 3. The van der Waals surface area contributed by atoms with Gasteiger partial charge in [0.25, 0.3) is 0 Å². The van der Waals surface area contributed by atoms with Crippen molar-refractivity contribution in [2.24, 2.45) is 29.4 Å². The van der Waals surface area contributed by atoms with E-state index in [9.17, 15) is 4.79 Å². The zero-order chi connectivity index (χ0) is 12.0. The van der Waals surface area contributed by atoms with E-state index < -0.39 is 0 Å². The van der Waals surface area contributed by atoms with Gasteiger partial charge in [0.2, 0.25) is 5.91 Å². The zero-order valence-corrected chi connectivity index (χ0v) is 10.7. The topological polar surface area (TPSA) is 55.1 Å². The first-order valence-corrected chi connectivity index (χ1v) is 7.23. The Kier molecular flexibility index (Phi) is 2.89. The van der Waals surface area contributed by atoms with E-state index in [1.54, 1.807) is 0 Å².